The van der Waals surface area contributed by atoms with Crippen LogP contribution in [0.15, 0.2) is 48.6 Å². The van der Waals surface area contributed by atoms with Gasteiger partial charge in [0.1, 0.15) is 5.60 Å². The lowest BCUT2D eigenvalue weighted by Crippen LogP contribution is -2.44. The first-order valence-corrected chi connectivity index (χ1v) is 7.93. The van der Waals surface area contributed by atoms with E-state index in [4.69, 9.17) is 11.6 Å². The molecular weight excluding hydrogens is 296 g/mol. The van der Waals surface area contributed by atoms with E-state index in [1.807, 2.05) is 35.0 Å². The molecule has 0 bridgehead atoms. The molecule has 3 rings (SSSR count). The Bertz CT molecular complexity index is 674. The van der Waals surface area contributed by atoms with E-state index in [1.54, 1.807) is 12.5 Å². The average molecular weight is 317 g/mol. The molecule has 116 valence electrons. The zero-order valence-electron chi connectivity index (χ0n) is 13.0. The summed E-state index contributed by atoms with van der Waals surface area (Å²) in [6, 6.07) is 7.72. The highest BCUT2D eigenvalue weighted by Gasteiger charge is 2.50. The van der Waals surface area contributed by atoms with Crippen LogP contribution in [0, 0.1) is 5.41 Å². The van der Waals surface area contributed by atoms with Crippen LogP contribution in [0.3, 0.4) is 0 Å². The maximum atomic E-state index is 11.4. The fourth-order valence-electron chi connectivity index (χ4n) is 3.21. The Hall–Kier alpha value is -1.58. The van der Waals surface area contributed by atoms with Crippen molar-refractivity contribution in [3.8, 4) is 0 Å². The van der Waals surface area contributed by atoms with Gasteiger partial charge in [-0.1, -0.05) is 43.7 Å². The van der Waals surface area contributed by atoms with E-state index in [-0.39, 0.29) is 5.41 Å². The Kier molecular flexibility index (Phi) is 3.87. The lowest BCUT2D eigenvalue weighted by atomic mass is 9.76. The molecule has 0 spiro atoms. The number of imidazole rings is 1. The Morgan fingerprint density at radius 1 is 1.32 bits per heavy atom. The normalized spacial score (nSPS) is 25.7. The molecule has 1 aromatic carbocycles. The number of aliphatic hydroxyl groups is 1. The topological polar surface area (TPSA) is 38.0 Å². The number of nitrogens with zero attached hydrogens (tertiary/aromatic N) is 2. The molecule has 1 atom stereocenters. The zero-order valence-corrected chi connectivity index (χ0v) is 13.7. The standard InChI is InChI=1S/C18H21ClN2O/c1-17(2)8-7-15(11-14-3-5-16(19)6-4-14)18(17,22)12-21-10-9-20-13-21/h3-6,9-11,13,22H,7-8,12H2,1-2H3. The van der Waals surface area contributed by atoms with Crippen LogP contribution in [0.25, 0.3) is 6.08 Å². The van der Waals surface area contributed by atoms with Gasteiger partial charge in [-0.15, -0.1) is 0 Å². The third-order valence-electron chi connectivity index (χ3n) is 4.85. The molecule has 1 N–H and O–H groups in total. The number of hydrogen-bond acceptors (Lipinski definition) is 2. The van der Waals surface area contributed by atoms with E-state index < -0.39 is 5.60 Å². The first-order valence-electron chi connectivity index (χ1n) is 7.55. The lowest BCUT2D eigenvalue weighted by molar-refractivity contribution is -0.0272. The predicted octanol–water partition coefficient (Wildman–Crippen LogP) is 4.17. The molecule has 1 aliphatic rings. The lowest BCUT2D eigenvalue weighted by Gasteiger charge is -2.38. The summed E-state index contributed by atoms with van der Waals surface area (Å²) in [5.74, 6) is 0. The molecule has 22 heavy (non-hydrogen) atoms. The molecule has 0 radical (unpaired) electrons. The summed E-state index contributed by atoms with van der Waals surface area (Å²) in [6.45, 7) is 4.79. The number of halogens is 1. The van der Waals surface area contributed by atoms with Gasteiger partial charge in [-0.3, -0.25) is 0 Å². The van der Waals surface area contributed by atoms with Gasteiger partial charge in [0, 0.05) is 17.4 Å². The quantitative estimate of drug-likeness (QED) is 0.922. The van der Waals surface area contributed by atoms with Gasteiger partial charge in [0.25, 0.3) is 0 Å². The van der Waals surface area contributed by atoms with E-state index in [2.05, 4.69) is 24.9 Å². The van der Waals surface area contributed by atoms with Gasteiger partial charge in [0.2, 0.25) is 0 Å². The smallest absolute Gasteiger partial charge is 0.109 e. The van der Waals surface area contributed by atoms with Crippen LogP contribution in [0.2, 0.25) is 5.02 Å². The van der Waals surface area contributed by atoms with E-state index in [9.17, 15) is 5.11 Å². The van der Waals surface area contributed by atoms with Gasteiger partial charge in [-0.05, 0) is 41.5 Å². The van der Waals surface area contributed by atoms with Crippen LogP contribution in [0.5, 0.6) is 0 Å². The van der Waals surface area contributed by atoms with Gasteiger partial charge in [0.05, 0.1) is 12.9 Å². The SMILES string of the molecule is CC1(C)CCC(=Cc2ccc(Cl)cc2)C1(O)Cn1ccnc1. The summed E-state index contributed by atoms with van der Waals surface area (Å²) < 4.78 is 1.95. The summed E-state index contributed by atoms with van der Waals surface area (Å²) in [7, 11) is 0. The Morgan fingerprint density at radius 3 is 2.68 bits per heavy atom. The van der Waals surface area contributed by atoms with Crippen molar-refractivity contribution in [3.05, 3.63) is 59.1 Å². The second kappa shape index (κ2) is 5.56. The average Bonchev–Trinajstić information content (AvgIpc) is 3.04. The molecule has 4 heteroatoms. The molecular formula is C18H21ClN2O. The minimum absolute atomic E-state index is 0.171. The van der Waals surface area contributed by atoms with Crippen molar-refractivity contribution in [1.82, 2.24) is 9.55 Å². The third kappa shape index (κ3) is 2.71. The molecule has 1 aromatic heterocycles. The number of rotatable bonds is 3. The molecule has 1 unspecified atom stereocenters. The van der Waals surface area contributed by atoms with Crippen molar-refractivity contribution < 1.29 is 5.11 Å². The second-order valence-corrected chi connectivity index (χ2v) is 7.14. The van der Waals surface area contributed by atoms with Crippen molar-refractivity contribution in [2.24, 2.45) is 5.41 Å². The van der Waals surface area contributed by atoms with Gasteiger partial charge < -0.3 is 9.67 Å². The molecule has 3 nitrogen and oxygen atoms in total. The van der Waals surface area contributed by atoms with Crippen molar-refractivity contribution in [1.29, 1.82) is 0 Å². The fraction of sp³-hybridized carbons (Fsp3) is 0.389. The monoisotopic (exact) mass is 316 g/mol. The van der Waals surface area contributed by atoms with E-state index in [0.717, 1.165) is 29.0 Å². The maximum absolute atomic E-state index is 11.4. The van der Waals surface area contributed by atoms with Gasteiger partial charge >= 0.3 is 0 Å². The Morgan fingerprint density at radius 2 is 2.05 bits per heavy atom. The van der Waals surface area contributed by atoms with Crippen LogP contribution < -0.4 is 0 Å². The molecule has 0 aliphatic heterocycles. The maximum Gasteiger partial charge on any atom is 0.109 e. The molecule has 0 amide bonds. The van der Waals surface area contributed by atoms with Crippen molar-refractivity contribution >= 4 is 17.7 Å². The molecule has 0 saturated heterocycles. The summed E-state index contributed by atoms with van der Waals surface area (Å²) in [6.07, 6.45) is 9.37. The van der Waals surface area contributed by atoms with E-state index >= 15 is 0 Å². The number of aromatic nitrogens is 2. The Balaban J connectivity index is 1.97. The van der Waals surface area contributed by atoms with Crippen molar-refractivity contribution in [2.45, 2.75) is 38.8 Å². The zero-order chi connectivity index (χ0) is 15.8. The van der Waals surface area contributed by atoms with Crippen LogP contribution in [0.4, 0.5) is 0 Å². The number of hydrogen-bond donors (Lipinski definition) is 1. The third-order valence-corrected chi connectivity index (χ3v) is 5.10. The predicted molar refractivity (Wildman–Crippen MR) is 89.6 cm³/mol. The Labute approximate surface area is 136 Å². The molecule has 1 fully saturated rings. The highest BCUT2D eigenvalue weighted by atomic mass is 35.5. The summed E-state index contributed by atoms with van der Waals surface area (Å²) in [5.41, 5.74) is 1.11. The molecule has 1 aliphatic carbocycles. The summed E-state index contributed by atoms with van der Waals surface area (Å²) in [4.78, 5) is 4.08. The van der Waals surface area contributed by atoms with Crippen LogP contribution in [0.1, 0.15) is 32.3 Å². The minimum Gasteiger partial charge on any atom is -0.383 e. The van der Waals surface area contributed by atoms with Crippen LogP contribution in [-0.2, 0) is 6.54 Å². The van der Waals surface area contributed by atoms with Crippen molar-refractivity contribution in [3.63, 3.8) is 0 Å². The van der Waals surface area contributed by atoms with Crippen LogP contribution >= 0.6 is 11.6 Å². The first-order chi connectivity index (χ1) is 10.4. The van der Waals surface area contributed by atoms with Gasteiger partial charge in [-0.2, -0.15) is 0 Å². The number of benzene rings is 1. The van der Waals surface area contributed by atoms with E-state index in [1.165, 1.54) is 0 Å². The highest BCUT2D eigenvalue weighted by molar-refractivity contribution is 6.30. The van der Waals surface area contributed by atoms with E-state index in [0.29, 0.717) is 6.54 Å². The van der Waals surface area contributed by atoms with Crippen molar-refractivity contribution in [2.75, 3.05) is 0 Å². The first kappa shape index (κ1) is 15.3. The molecule has 1 saturated carbocycles. The van der Waals surface area contributed by atoms with Gasteiger partial charge in [-0.25, -0.2) is 4.98 Å². The fourth-order valence-corrected chi connectivity index (χ4v) is 3.33. The summed E-state index contributed by atoms with van der Waals surface area (Å²) >= 11 is 5.94. The largest absolute Gasteiger partial charge is 0.383 e. The summed E-state index contributed by atoms with van der Waals surface area (Å²) in [5, 5.41) is 12.1. The highest BCUT2D eigenvalue weighted by Crippen LogP contribution is 2.50. The molecule has 1 heterocycles. The second-order valence-electron chi connectivity index (χ2n) is 6.70. The van der Waals surface area contributed by atoms with Crippen LogP contribution in [-0.4, -0.2) is 20.3 Å². The minimum atomic E-state index is -0.868. The van der Waals surface area contributed by atoms with Gasteiger partial charge in [0.15, 0.2) is 0 Å². The molecule has 2 aromatic rings.